The Labute approximate surface area is 147 Å². The number of nitrogens with zero attached hydrogens (tertiary/aromatic N) is 1. The van der Waals surface area contributed by atoms with E-state index in [1.165, 1.54) is 6.08 Å². The number of carbonyl (C=O) groups is 1. The first-order chi connectivity index (χ1) is 12.2. The van der Waals surface area contributed by atoms with Crippen molar-refractivity contribution in [2.75, 3.05) is 6.61 Å². The summed E-state index contributed by atoms with van der Waals surface area (Å²) in [5.41, 5.74) is 2.80. The van der Waals surface area contributed by atoms with E-state index in [4.69, 9.17) is 9.47 Å². The van der Waals surface area contributed by atoms with Gasteiger partial charge >= 0.3 is 0 Å². The number of nitrogens with one attached hydrogen (secondary N) is 1. The topological polar surface area (TPSA) is 60.5 Å². The predicted molar refractivity (Wildman–Crippen MR) is 96.5 cm³/mol. The van der Waals surface area contributed by atoms with Gasteiger partial charge in [0.05, 0.1) is 18.8 Å². The number of hydrogen-bond acceptors (Lipinski definition) is 4. The van der Waals surface area contributed by atoms with Gasteiger partial charge in [0.25, 0.3) is 0 Å². The van der Waals surface area contributed by atoms with Crippen molar-refractivity contribution in [1.82, 2.24) is 10.3 Å². The van der Waals surface area contributed by atoms with Crippen LogP contribution in [0.4, 0.5) is 0 Å². The van der Waals surface area contributed by atoms with E-state index in [1.807, 2.05) is 44.2 Å². The van der Waals surface area contributed by atoms with Crippen LogP contribution in [-0.4, -0.2) is 23.6 Å². The lowest BCUT2D eigenvalue weighted by molar-refractivity contribution is -0.116. The number of aromatic nitrogens is 1. The highest BCUT2D eigenvalue weighted by Gasteiger charge is 2.21. The third-order valence-corrected chi connectivity index (χ3v) is 3.91. The van der Waals surface area contributed by atoms with Crippen molar-refractivity contribution in [3.8, 4) is 11.5 Å². The van der Waals surface area contributed by atoms with E-state index in [1.54, 1.807) is 12.3 Å². The van der Waals surface area contributed by atoms with Gasteiger partial charge in [-0.15, -0.1) is 0 Å². The standard InChI is InChI=1S/C20H22N2O3/c1-3-24-18-12-16-10-14(2)25-19(16)11-15(18)7-8-20(23)22-13-17-6-4-5-9-21-17/h4-9,11-12,14H,3,10,13H2,1-2H3,(H,22,23). The number of benzene rings is 1. The molecule has 1 atom stereocenters. The molecule has 0 aliphatic carbocycles. The predicted octanol–water partition coefficient (Wildman–Crippen LogP) is 3.13. The number of hydrogen-bond donors (Lipinski definition) is 1. The molecule has 1 aliphatic rings. The largest absolute Gasteiger partial charge is 0.493 e. The van der Waals surface area contributed by atoms with Crippen LogP contribution in [0.3, 0.4) is 0 Å². The Morgan fingerprint density at radius 1 is 1.44 bits per heavy atom. The van der Waals surface area contributed by atoms with Gasteiger partial charge in [0.2, 0.25) is 5.91 Å². The Kier molecular flexibility index (Phi) is 5.33. The van der Waals surface area contributed by atoms with Gasteiger partial charge in [-0.1, -0.05) is 6.07 Å². The Morgan fingerprint density at radius 3 is 3.08 bits per heavy atom. The van der Waals surface area contributed by atoms with Crippen LogP contribution in [0, 0.1) is 0 Å². The molecule has 0 radical (unpaired) electrons. The Balaban J connectivity index is 1.69. The van der Waals surface area contributed by atoms with Gasteiger partial charge in [-0.3, -0.25) is 9.78 Å². The van der Waals surface area contributed by atoms with Crippen molar-refractivity contribution < 1.29 is 14.3 Å². The van der Waals surface area contributed by atoms with Crippen LogP contribution in [0.15, 0.2) is 42.6 Å². The molecule has 1 aromatic heterocycles. The number of carbonyl (C=O) groups excluding carboxylic acids is 1. The second-order valence-corrected chi connectivity index (χ2v) is 5.94. The van der Waals surface area contributed by atoms with E-state index >= 15 is 0 Å². The summed E-state index contributed by atoms with van der Waals surface area (Å²) in [6.07, 6.45) is 6.02. The van der Waals surface area contributed by atoms with Gasteiger partial charge in [-0.2, -0.15) is 0 Å². The summed E-state index contributed by atoms with van der Waals surface area (Å²) in [5.74, 6) is 1.46. The molecule has 5 nitrogen and oxygen atoms in total. The van der Waals surface area contributed by atoms with Crippen LogP contribution in [-0.2, 0) is 17.8 Å². The highest BCUT2D eigenvalue weighted by molar-refractivity contribution is 5.92. The number of pyridine rings is 1. The third-order valence-electron chi connectivity index (χ3n) is 3.91. The molecule has 0 bridgehead atoms. The lowest BCUT2D eigenvalue weighted by atomic mass is 10.1. The molecule has 5 heteroatoms. The fourth-order valence-corrected chi connectivity index (χ4v) is 2.77. The molecule has 1 aromatic carbocycles. The van der Waals surface area contributed by atoms with Crippen molar-refractivity contribution in [1.29, 1.82) is 0 Å². The smallest absolute Gasteiger partial charge is 0.244 e. The molecule has 0 saturated carbocycles. The van der Waals surface area contributed by atoms with E-state index in [9.17, 15) is 4.79 Å². The molecule has 2 heterocycles. The molecular weight excluding hydrogens is 316 g/mol. The lowest BCUT2D eigenvalue weighted by Crippen LogP contribution is -2.20. The lowest BCUT2D eigenvalue weighted by Gasteiger charge is -2.10. The minimum atomic E-state index is -0.178. The third kappa shape index (κ3) is 4.38. The summed E-state index contributed by atoms with van der Waals surface area (Å²) >= 11 is 0. The first-order valence-corrected chi connectivity index (χ1v) is 8.48. The zero-order valence-corrected chi connectivity index (χ0v) is 14.5. The Bertz CT molecular complexity index is 772. The maximum absolute atomic E-state index is 12.0. The molecule has 1 aliphatic heterocycles. The maximum atomic E-state index is 12.0. The van der Waals surface area contributed by atoms with Crippen LogP contribution in [0.25, 0.3) is 6.08 Å². The van der Waals surface area contributed by atoms with Crippen LogP contribution in [0.1, 0.15) is 30.7 Å². The summed E-state index contributed by atoms with van der Waals surface area (Å²) < 4.78 is 11.5. The van der Waals surface area contributed by atoms with E-state index < -0.39 is 0 Å². The summed E-state index contributed by atoms with van der Waals surface area (Å²) in [6, 6.07) is 9.55. The molecule has 0 spiro atoms. The quantitative estimate of drug-likeness (QED) is 0.822. The molecule has 1 unspecified atom stereocenters. The van der Waals surface area contributed by atoms with Gasteiger partial charge < -0.3 is 14.8 Å². The van der Waals surface area contributed by atoms with Gasteiger partial charge in [0, 0.05) is 29.8 Å². The van der Waals surface area contributed by atoms with Crippen molar-refractivity contribution in [3.05, 3.63) is 59.4 Å². The van der Waals surface area contributed by atoms with Gasteiger partial charge in [-0.25, -0.2) is 0 Å². The summed E-state index contributed by atoms with van der Waals surface area (Å²) in [4.78, 5) is 16.2. The summed E-state index contributed by atoms with van der Waals surface area (Å²) in [6.45, 7) is 4.95. The van der Waals surface area contributed by atoms with Crippen LogP contribution in [0.5, 0.6) is 11.5 Å². The van der Waals surface area contributed by atoms with Gasteiger partial charge in [0.1, 0.15) is 17.6 Å². The zero-order chi connectivity index (χ0) is 17.6. The second-order valence-electron chi connectivity index (χ2n) is 5.94. The molecule has 25 heavy (non-hydrogen) atoms. The van der Waals surface area contributed by atoms with Crippen LogP contribution < -0.4 is 14.8 Å². The van der Waals surface area contributed by atoms with E-state index in [-0.39, 0.29) is 12.0 Å². The van der Waals surface area contributed by atoms with Crippen molar-refractivity contribution in [2.24, 2.45) is 0 Å². The van der Waals surface area contributed by atoms with E-state index in [0.29, 0.717) is 13.2 Å². The molecule has 1 N–H and O–H groups in total. The highest BCUT2D eigenvalue weighted by atomic mass is 16.5. The Hall–Kier alpha value is -2.82. The first-order valence-electron chi connectivity index (χ1n) is 8.48. The average molecular weight is 338 g/mol. The molecule has 0 saturated heterocycles. The number of amides is 1. The fraction of sp³-hybridized carbons (Fsp3) is 0.300. The molecule has 130 valence electrons. The monoisotopic (exact) mass is 338 g/mol. The normalized spacial score (nSPS) is 15.7. The first kappa shape index (κ1) is 17.0. The second kappa shape index (κ2) is 7.83. The fourth-order valence-electron chi connectivity index (χ4n) is 2.77. The van der Waals surface area contributed by atoms with Crippen LogP contribution in [0.2, 0.25) is 0 Å². The molecular formula is C20H22N2O3. The number of ether oxygens (including phenoxy) is 2. The molecule has 1 amide bonds. The van der Waals surface area contributed by atoms with Crippen molar-refractivity contribution in [2.45, 2.75) is 32.9 Å². The maximum Gasteiger partial charge on any atom is 0.244 e. The summed E-state index contributed by atoms with van der Waals surface area (Å²) in [7, 11) is 0. The minimum absolute atomic E-state index is 0.172. The molecule has 0 fully saturated rings. The molecule has 3 rings (SSSR count). The highest BCUT2D eigenvalue weighted by Crippen LogP contribution is 2.35. The van der Waals surface area contributed by atoms with E-state index in [0.717, 1.165) is 34.7 Å². The number of fused-ring (bicyclic) bond motifs is 1. The Morgan fingerprint density at radius 2 is 2.32 bits per heavy atom. The average Bonchev–Trinajstić information content (AvgIpc) is 2.98. The van der Waals surface area contributed by atoms with Crippen molar-refractivity contribution in [3.63, 3.8) is 0 Å². The van der Waals surface area contributed by atoms with Crippen molar-refractivity contribution >= 4 is 12.0 Å². The SMILES string of the molecule is CCOc1cc2c(cc1C=CC(=O)NCc1ccccn1)OC(C)C2. The van der Waals surface area contributed by atoms with Gasteiger partial charge in [-0.05, 0) is 44.2 Å². The van der Waals surface area contributed by atoms with Crippen LogP contribution >= 0.6 is 0 Å². The zero-order valence-electron chi connectivity index (χ0n) is 14.5. The summed E-state index contributed by atoms with van der Waals surface area (Å²) in [5, 5.41) is 2.82. The number of rotatable bonds is 6. The molecule has 2 aromatic rings. The van der Waals surface area contributed by atoms with E-state index in [2.05, 4.69) is 10.3 Å². The minimum Gasteiger partial charge on any atom is -0.493 e. The van der Waals surface area contributed by atoms with Gasteiger partial charge in [0.15, 0.2) is 0 Å².